The van der Waals surface area contributed by atoms with E-state index in [4.69, 9.17) is 4.74 Å². The van der Waals surface area contributed by atoms with Crippen LogP contribution in [0.25, 0.3) is 0 Å². The van der Waals surface area contributed by atoms with Gasteiger partial charge in [-0.25, -0.2) is 0 Å². The van der Waals surface area contributed by atoms with Gasteiger partial charge in [-0.1, -0.05) is 6.07 Å². The minimum Gasteiger partial charge on any atom is -0.502 e. The Morgan fingerprint density at radius 2 is 1.93 bits per heavy atom. The number of hydrogen-bond donors (Lipinski definition) is 1. The number of alkyl halides is 3. The van der Waals surface area contributed by atoms with Gasteiger partial charge in [0.2, 0.25) is 5.75 Å². The van der Waals surface area contributed by atoms with Gasteiger partial charge >= 0.3 is 11.9 Å². The minimum absolute atomic E-state index is 0.0274. The van der Waals surface area contributed by atoms with E-state index in [-0.39, 0.29) is 11.3 Å². The number of nitro benzene ring substituents is 1. The summed E-state index contributed by atoms with van der Waals surface area (Å²) in [6.07, 6.45) is -3.43. The van der Waals surface area contributed by atoms with Crippen molar-refractivity contribution in [3.63, 3.8) is 0 Å². The summed E-state index contributed by atoms with van der Waals surface area (Å²) in [5, 5.41) is 20.9. The van der Waals surface area contributed by atoms with E-state index in [1.807, 2.05) is 4.90 Å². The lowest BCUT2D eigenvalue weighted by Gasteiger charge is -2.30. The lowest BCUT2D eigenvalue weighted by atomic mass is 10.1. The number of aromatic hydroxyl groups is 1. The van der Waals surface area contributed by atoms with E-state index >= 15 is 0 Å². The van der Waals surface area contributed by atoms with Gasteiger partial charge in [0.25, 0.3) is 0 Å². The smallest absolute Gasteiger partial charge is 0.416 e. The number of anilines is 1. The fraction of sp³-hybridized carbons (Fsp3) is 0.278. The highest BCUT2D eigenvalue weighted by Gasteiger charge is 2.31. The first-order valence-electron chi connectivity index (χ1n) is 8.32. The van der Waals surface area contributed by atoms with E-state index in [0.717, 1.165) is 24.4 Å². The van der Waals surface area contributed by atoms with Gasteiger partial charge in [0, 0.05) is 30.9 Å². The van der Waals surface area contributed by atoms with Crippen LogP contribution >= 0.6 is 0 Å². The predicted molar refractivity (Wildman–Crippen MR) is 96.5 cm³/mol. The summed E-state index contributed by atoms with van der Waals surface area (Å²) in [5.74, 6) is -0.601. The maximum atomic E-state index is 13.1. The largest absolute Gasteiger partial charge is 0.502 e. The molecule has 2 aromatic rings. The summed E-state index contributed by atoms with van der Waals surface area (Å²) in [6, 6.07) is 7.09. The van der Waals surface area contributed by atoms with Gasteiger partial charge in [0.05, 0.1) is 35.1 Å². The van der Waals surface area contributed by atoms with E-state index in [9.17, 15) is 28.4 Å². The van der Waals surface area contributed by atoms with Crippen LogP contribution in [0.4, 0.5) is 30.2 Å². The molecule has 0 bridgehead atoms. The van der Waals surface area contributed by atoms with Crippen LogP contribution in [0.15, 0.2) is 41.4 Å². The van der Waals surface area contributed by atoms with Crippen LogP contribution in [-0.4, -0.2) is 42.5 Å². The molecule has 3 rings (SSSR count). The molecular formula is C18H16F3N3O4. The SMILES string of the molecule is O=[N+]([O-])c1cccc(C=Nc2cc(C(F)(F)F)ccc2N2CCOCC2)c1O. The van der Waals surface area contributed by atoms with Crippen molar-refractivity contribution in [3.8, 4) is 5.75 Å². The van der Waals surface area contributed by atoms with Crippen molar-refractivity contribution in [2.45, 2.75) is 6.18 Å². The Morgan fingerprint density at radius 1 is 1.21 bits per heavy atom. The van der Waals surface area contributed by atoms with Gasteiger partial charge in [0.15, 0.2) is 0 Å². The fourth-order valence-corrected chi connectivity index (χ4v) is 2.81. The first-order chi connectivity index (χ1) is 13.3. The number of morpholine rings is 1. The van der Waals surface area contributed by atoms with Crippen molar-refractivity contribution >= 4 is 23.3 Å². The monoisotopic (exact) mass is 395 g/mol. The molecule has 0 aliphatic carbocycles. The number of aliphatic imine (C=N–C) groups is 1. The molecule has 1 aliphatic heterocycles. The molecular weight excluding hydrogens is 379 g/mol. The first-order valence-corrected chi connectivity index (χ1v) is 8.32. The number of halogens is 3. The summed E-state index contributed by atoms with van der Waals surface area (Å²) in [7, 11) is 0. The van der Waals surface area contributed by atoms with E-state index in [2.05, 4.69) is 4.99 Å². The number of hydrogen-bond acceptors (Lipinski definition) is 6. The zero-order valence-corrected chi connectivity index (χ0v) is 14.5. The Labute approximate surface area is 157 Å². The minimum atomic E-state index is -4.54. The Morgan fingerprint density at radius 3 is 2.57 bits per heavy atom. The zero-order chi connectivity index (χ0) is 20.3. The quantitative estimate of drug-likeness (QED) is 0.482. The number of nitrogens with zero attached hydrogens (tertiary/aromatic N) is 3. The van der Waals surface area contributed by atoms with Crippen molar-refractivity contribution < 1.29 is 27.9 Å². The molecule has 1 saturated heterocycles. The molecule has 7 nitrogen and oxygen atoms in total. The zero-order valence-electron chi connectivity index (χ0n) is 14.5. The Bertz CT molecular complexity index is 909. The Kier molecular flexibility index (Phi) is 5.50. The third-order valence-corrected chi connectivity index (χ3v) is 4.24. The normalized spacial score (nSPS) is 15.2. The van der Waals surface area contributed by atoms with Gasteiger partial charge in [0.1, 0.15) is 0 Å². The number of ether oxygens (including phenoxy) is 1. The molecule has 0 unspecified atom stereocenters. The average Bonchev–Trinajstić information content (AvgIpc) is 2.66. The molecule has 0 radical (unpaired) electrons. The van der Waals surface area contributed by atoms with Crippen LogP contribution in [0, 0.1) is 10.1 Å². The van der Waals surface area contributed by atoms with Gasteiger partial charge < -0.3 is 14.7 Å². The van der Waals surface area contributed by atoms with E-state index < -0.39 is 28.1 Å². The number of benzene rings is 2. The van der Waals surface area contributed by atoms with Crippen molar-refractivity contribution in [3.05, 3.63) is 57.6 Å². The summed E-state index contributed by atoms with van der Waals surface area (Å²) in [5.41, 5.74) is -0.819. The lowest BCUT2D eigenvalue weighted by Crippen LogP contribution is -2.36. The fourth-order valence-electron chi connectivity index (χ4n) is 2.81. The number of phenolic OH excluding ortho intramolecular Hbond substituents is 1. The molecule has 1 fully saturated rings. The third-order valence-electron chi connectivity index (χ3n) is 4.24. The molecule has 0 spiro atoms. The number of phenols is 1. The third kappa shape index (κ3) is 4.22. The van der Waals surface area contributed by atoms with Gasteiger partial charge in [-0.05, 0) is 24.3 Å². The van der Waals surface area contributed by atoms with Crippen molar-refractivity contribution in [1.29, 1.82) is 0 Å². The number of rotatable bonds is 4. The summed E-state index contributed by atoms with van der Waals surface area (Å²) < 4.78 is 44.6. The van der Waals surface area contributed by atoms with Crippen molar-refractivity contribution in [2.24, 2.45) is 4.99 Å². The highest BCUT2D eigenvalue weighted by molar-refractivity contribution is 5.88. The highest BCUT2D eigenvalue weighted by atomic mass is 19.4. The molecule has 1 heterocycles. The Balaban J connectivity index is 2.02. The molecule has 0 saturated carbocycles. The maximum absolute atomic E-state index is 13.1. The topological polar surface area (TPSA) is 88.2 Å². The number of para-hydroxylation sites is 1. The lowest BCUT2D eigenvalue weighted by molar-refractivity contribution is -0.385. The standard InChI is InChI=1S/C18H16F3N3O4/c19-18(20,21)13-4-5-15(23-6-8-28-9-7-23)14(10-13)22-11-12-2-1-3-16(17(12)25)24(26)27/h1-5,10-11,25H,6-9H2. The molecule has 1 aliphatic rings. The Hall–Kier alpha value is -3.14. The van der Waals surface area contributed by atoms with Crippen molar-refractivity contribution in [2.75, 3.05) is 31.2 Å². The predicted octanol–water partition coefficient (Wildman–Crippen LogP) is 3.91. The number of nitro groups is 1. The summed E-state index contributed by atoms with van der Waals surface area (Å²) in [6.45, 7) is 1.87. The molecule has 28 heavy (non-hydrogen) atoms. The van der Waals surface area contributed by atoms with Crippen LogP contribution in [0.2, 0.25) is 0 Å². The first kappa shape index (κ1) is 19.6. The average molecular weight is 395 g/mol. The maximum Gasteiger partial charge on any atom is 0.416 e. The van der Waals surface area contributed by atoms with Gasteiger partial charge in [-0.15, -0.1) is 0 Å². The second kappa shape index (κ2) is 7.85. The van der Waals surface area contributed by atoms with Gasteiger partial charge in [-0.3, -0.25) is 15.1 Å². The van der Waals surface area contributed by atoms with Crippen molar-refractivity contribution in [1.82, 2.24) is 0 Å². The van der Waals surface area contributed by atoms with E-state index in [1.165, 1.54) is 18.2 Å². The molecule has 0 atom stereocenters. The molecule has 1 N–H and O–H groups in total. The highest BCUT2D eigenvalue weighted by Crippen LogP contribution is 2.37. The van der Waals surface area contributed by atoms with Crippen LogP contribution in [0.5, 0.6) is 5.75 Å². The molecule has 0 amide bonds. The van der Waals surface area contributed by atoms with Crippen LogP contribution in [-0.2, 0) is 10.9 Å². The second-order valence-electron chi connectivity index (χ2n) is 6.03. The van der Waals surface area contributed by atoms with E-state index in [0.29, 0.717) is 32.0 Å². The summed E-state index contributed by atoms with van der Waals surface area (Å²) in [4.78, 5) is 16.1. The van der Waals surface area contributed by atoms with Crippen LogP contribution in [0.3, 0.4) is 0 Å². The van der Waals surface area contributed by atoms with Crippen LogP contribution < -0.4 is 4.90 Å². The van der Waals surface area contributed by atoms with E-state index in [1.54, 1.807) is 0 Å². The second-order valence-corrected chi connectivity index (χ2v) is 6.03. The summed E-state index contributed by atoms with van der Waals surface area (Å²) >= 11 is 0. The molecule has 10 heteroatoms. The molecule has 0 aromatic heterocycles. The molecule has 2 aromatic carbocycles. The molecule has 148 valence electrons. The van der Waals surface area contributed by atoms with Gasteiger partial charge in [-0.2, -0.15) is 13.2 Å². The van der Waals surface area contributed by atoms with Crippen LogP contribution in [0.1, 0.15) is 11.1 Å².